The molecule has 2 fully saturated rings. The van der Waals surface area contributed by atoms with Gasteiger partial charge >= 0.3 is 0 Å². The number of aryl methyl sites for hydroxylation is 1. The van der Waals surface area contributed by atoms with Gasteiger partial charge in [0.2, 0.25) is 5.88 Å². The van der Waals surface area contributed by atoms with Gasteiger partial charge in [-0.2, -0.15) is 0 Å². The van der Waals surface area contributed by atoms with Crippen LogP contribution in [0.1, 0.15) is 72.2 Å². The standard InChI is InChI=1S/C20H25N3O2S/c1-12-11-26-19(21-12)20(2,3)23-17(24)16-9-8-15(14-6-7-14)18(22-16)25-10-13-4-5-13/h8-9,11,13-14H,4-7,10H2,1-3H3,(H,23,24). The quantitative estimate of drug-likeness (QED) is 0.793. The lowest BCUT2D eigenvalue weighted by Gasteiger charge is -2.23. The number of carbonyl (C=O) groups is 1. The fourth-order valence-corrected chi connectivity index (χ4v) is 3.80. The highest BCUT2D eigenvalue weighted by molar-refractivity contribution is 7.09. The van der Waals surface area contributed by atoms with Crippen LogP contribution in [-0.2, 0) is 5.54 Å². The number of carbonyl (C=O) groups excluding carboxylic acids is 1. The molecule has 0 unspecified atom stereocenters. The van der Waals surface area contributed by atoms with E-state index in [-0.39, 0.29) is 5.91 Å². The zero-order valence-corrected chi connectivity index (χ0v) is 16.4. The Morgan fingerprint density at radius 3 is 2.65 bits per heavy atom. The Morgan fingerprint density at radius 1 is 1.27 bits per heavy atom. The van der Waals surface area contributed by atoms with Crippen molar-refractivity contribution in [1.82, 2.24) is 15.3 Å². The van der Waals surface area contributed by atoms with Crippen LogP contribution in [0.4, 0.5) is 0 Å². The first-order chi connectivity index (χ1) is 12.4. The highest BCUT2D eigenvalue weighted by Crippen LogP contribution is 2.44. The maximum Gasteiger partial charge on any atom is 0.270 e. The highest BCUT2D eigenvalue weighted by Gasteiger charge is 2.31. The molecule has 2 heterocycles. The summed E-state index contributed by atoms with van der Waals surface area (Å²) in [5.41, 5.74) is 1.98. The maximum atomic E-state index is 12.8. The van der Waals surface area contributed by atoms with Crippen LogP contribution in [0.15, 0.2) is 17.5 Å². The average molecular weight is 372 g/mol. The smallest absolute Gasteiger partial charge is 0.270 e. The summed E-state index contributed by atoms with van der Waals surface area (Å²) in [7, 11) is 0. The van der Waals surface area contributed by atoms with Gasteiger partial charge in [0.05, 0.1) is 12.1 Å². The Balaban J connectivity index is 1.52. The van der Waals surface area contributed by atoms with Crippen molar-refractivity contribution in [3.8, 4) is 5.88 Å². The van der Waals surface area contributed by atoms with Crippen LogP contribution in [0, 0.1) is 12.8 Å². The van der Waals surface area contributed by atoms with Gasteiger partial charge in [0.1, 0.15) is 10.7 Å². The number of hydrogen-bond donors (Lipinski definition) is 1. The Bertz CT molecular complexity index is 822. The van der Waals surface area contributed by atoms with Crippen molar-refractivity contribution in [2.45, 2.75) is 57.9 Å². The van der Waals surface area contributed by atoms with E-state index in [9.17, 15) is 4.79 Å². The van der Waals surface area contributed by atoms with Gasteiger partial charge in [0.15, 0.2) is 0 Å². The van der Waals surface area contributed by atoms with Crippen LogP contribution >= 0.6 is 11.3 Å². The number of thiazole rings is 1. The molecule has 0 atom stereocenters. The molecule has 2 aliphatic rings. The highest BCUT2D eigenvalue weighted by atomic mass is 32.1. The number of rotatable bonds is 7. The van der Waals surface area contributed by atoms with Crippen LogP contribution in [0.2, 0.25) is 0 Å². The number of amides is 1. The molecule has 0 radical (unpaired) electrons. The Labute approximate surface area is 158 Å². The van der Waals surface area contributed by atoms with Gasteiger partial charge in [-0.25, -0.2) is 9.97 Å². The van der Waals surface area contributed by atoms with Crippen LogP contribution in [0.25, 0.3) is 0 Å². The molecular formula is C20H25N3O2S. The van der Waals surface area contributed by atoms with E-state index in [2.05, 4.69) is 15.3 Å². The van der Waals surface area contributed by atoms with Crippen molar-refractivity contribution in [2.75, 3.05) is 6.61 Å². The molecule has 2 aromatic rings. The maximum absolute atomic E-state index is 12.8. The van der Waals surface area contributed by atoms with Crippen molar-refractivity contribution >= 4 is 17.2 Å². The molecule has 0 spiro atoms. The van der Waals surface area contributed by atoms with Crippen molar-refractivity contribution in [2.24, 2.45) is 5.92 Å². The Morgan fingerprint density at radius 2 is 2.04 bits per heavy atom. The third-order valence-corrected chi connectivity index (χ3v) is 6.16. The van der Waals surface area contributed by atoms with E-state index in [1.807, 2.05) is 38.3 Å². The molecule has 2 saturated carbocycles. The zero-order chi connectivity index (χ0) is 18.3. The van der Waals surface area contributed by atoms with Gasteiger partial charge in [0, 0.05) is 16.6 Å². The molecule has 6 heteroatoms. The summed E-state index contributed by atoms with van der Waals surface area (Å²) < 4.78 is 5.97. The summed E-state index contributed by atoms with van der Waals surface area (Å²) in [6.45, 7) is 6.60. The zero-order valence-electron chi connectivity index (χ0n) is 15.5. The summed E-state index contributed by atoms with van der Waals surface area (Å²) in [4.78, 5) is 21.9. The fourth-order valence-electron chi connectivity index (χ4n) is 2.92. The second kappa shape index (κ2) is 6.65. The van der Waals surface area contributed by atoms with E-state index >= 15 is 0 Å². The number of ether oxygens (including phenoxy) is 1. The molecular weight excluding hydrogens is 346 g/mol. The Hall–Kier alpha value is -1.95. The number of aromatic nitrogens is 2. The van der Waals surface area contributed by atoms with E-state index in [1.165, 1.54) is 25.7 Å². The monoisotopic (exact) mass is 371 g/mol. The summed E-state index contributed by atoms with van der Waals surface area (Å²) >= 11 is 1.56. The first-order valence-electron chi connectivity index (χ1n) is 9.31. The van der Waals surface area contributed by atoms with Crippen molar-refractivity contribution in [3.63, 3.8) is 0 Å². The molecule has 5 nitrogen and oxygen atoms in total. The third-order valence-electron chi connectivity index (χ3n) is 4.87. The minimum atomic E-state index is -0.540. The lowest BCUT2D eigenvalue weighted by molar-refractivity contribution is 0.0905. The molecule has 1 N–H and O–H groups in total. The van der Waals surface area contributed by atoms with Gasteiger partial charge < -0.3 is 10.1 Å². The molecule has 26 heavy (non-hydrogen) atoms. The Kier molecular flexibility index (Phi) is 4.47. The predicted molar refractivity (Wildman–Crippen MR) is 102 cm³/mol. The minimum Gasteiger partial charge on any atom is -0.477 e. The summed E-state index contributed by atoms with van der Waals surface area (Å²) in [6, 6.07) is 3.83. The van der Waals surface area contributed by atoms with E-state index < -0.39 is 5.54 Å². The molecule has 0 saturated heterocycles. The lowest BCUT2D eigenvalue weighted by Crippen LogP contribution is -2.41. The first kappa shape index (κ1) is 17.5. The van der Waals surface area contributed by atoms with Crippen LogP contribution < -0.4 is 10.1 Å². The minimum absolute atomic E-state index is 0.193. The largest absolute Gasteiger partial charge is 0.477 e. The van der Waals surface area contributed by atoms with Gasteiger partial charge in [0.25, 0.3) is 5.91 Å². The summed E-state index contributed by atoms with van der Waals surface area (Å²) in [6.07, 6.45) is 4.84. The topological polar surface area (TPSA) is 64.1 Å². The normalized spacial score (nSPS) is 17.2. The summed E-state index contributed by atoms with van der Waals surface area (Å²) in [5.74, 6) is 1.66. The number of hydrogen-bond acceptors (Lipinski definition) is 5. The van der Waals surface area contributed by atoms with Crippen molar-refractivity contribution in [3.05, 3.63) is 39.5 Å². The number of pyridine rings is 1. The second-order valence-electron chi connectivity index (χ2n) is 7.99. The van der Waals surface area contributed by atoms with Crippen molar-refractivity contribution < 1.29 is 9.53 Å². The molecule has 1 amide bonds. The molecule has 138 valence electrons. The molecule has 2 aliphatic carbocycles. The molecule has 4 rings (SSSR count). The van der Waals surface area contributed by atoms with E-state index in [0.717, 1.165) is 16.3 Å². The molecule has 0 aliphatic heterocycles. The van der Waals surface area contributed by atoms with Gasteiger partial charge in [-0.15, -0.1) is 11.3 Å². The second-order valence-corrected chi connectivity index (χ2v) is 8.85. The molecule has 2 aromatic heterocycles. The molecule has 0 aromatic carbocycles. The predicted octanol–water partition coefficient (Wildman–Crippen LogP) is 4.18. The van der Waals surface area contributed by atoms with Gasteiger partial charge in [-0.1, -0.05) is 6.07 Å². The SMILES string of the molecule is Cc1csc(C(C)(C)NC(=O)c2ccc(C3CC3)c(OCC3CC3)n2)n1. The van der Waals surface area contributed by atoms with E-state index in [4.69, 9.17) is 4.74 Å². The van der Waals surface area contributed by atoms with Crippen LogP contribution in [0.3, 0.4) is 0 Å². The third kappa shape index (κ3) is 3.90. The van der Waals surface area contributed by atoms with E-state index in [0.29, 0.717) is 30.0 Å². The van der Waals surface area contributed by atoms with E-state index in [1.54, 1.807) is 11.3 Å². The lowest BCUT2D eigenvalue weighted by atomic mass is 10.1. The van der Waals surface area contributed by atoms with Gasteiger partial charge in [-0.05, 0) is 64.4 Å². The average Bonchev–Trinajstić information content (AvgIpc) is 3.51. The molecule has 0 bridgehead atoms. The first-order valence-corrected chi connectivity index (χ1v) is 10.2. The van der Waals surface area contributed by atoms with Crippen LogP contribution in [-0.4, -0.2) is 22.5 Å². The van der Waals surface area contributed by atoms with Crippen molar-refractivity contribution in [1.29, 1.82) is 0 Å². The van der Waals surface area contributed by atoms with Crippen LogP contribution in [0.5, 0.6) is 5.88 Å². The summed E-state index contributed by atoms with van der Waals surface area (Å²) in [5, 5.41) is 5.95. The number of nitrogens with zero attached hydrogens (tertiary/aromatic N) is 2. The van der Waals surface area contributed by atoms with Gasteiger partial charge in [-0.3, -0.25) is 4.79 Å². The number of nitrogens with one attached hydrogen (secondary N) is 1. The fraction of sp³-hybridized carbons (Fsp3) is 0.550.